The van der Waals surface area contributed by atoms with Crippen molar-refractivity contribution in [3.05, 3.63) is 11.0 Å². The fourth-order valence-electron chi connectivity index (χ4n) is 2.21. The van der Waals surface area contributed by atoms with Crippen LogP contribution in [-0.2, 0) is 4.74 Å². The highest BCUT2D eigenvalue weighted by Crippen LogP contribution is 2.35. The van der Waals surface area contributed by atoms with Crippen molar-refractivity contribution in [2.24, 2.45) is 0 Å². The Balaban J connectivity index is 2.02. The number of rotatable bonds is 2. The molecule has 3 atom stereocenters. The van der Waals surface area contributed by atoms with Gasteiger partial charge in [0, 0.05) is 6.42 Å². The third-order valence-electron chi connectivity index (χ3n) is 3.15. The van der Waals surface area contributed by atoms with Crippen molar-refractivity contribution in [3.63, 3.8) is 0 Å². The zero-order chi connectivity index (χ0) is 13.6. The van der Waals surface area contributed by atoms with Crippen LogP contribution < -0.4 is 5.73 Å². The van der Waals surface area contributed by atoms with Crippen LogP contribution in [0, 0.1) is 0 Å². The standard InChI is InChI=1S/C10H12ClN5O3/c11-10-13-7-6(15-16-8(7)9(12)14-10)4-1-3(18)5(2-17)19-4/h3-5,17-18H,1-2H2,(H,15,16)(H2,12,13,14)/t3-,4+,5+/m0/s1. The van der Waals surface area contributed by atoms with Gasteiger partial charge in [-0.1, -0.05) is 0 Å². The van der Waals surface area contributed by atoms with Crippen molar-refractivity contribution in [1.82, 2.24) is 20.2 Å². The summed E-state index contributed by atoms with van der Waals surface area (Å²) in [4.78, 5) is 7.88. The molecule has 3 heterocycles. The first-order chi connectivity index (χ1) is 9.10. The van der Waals surface area contributed by atoms with E-state index < -0.39 is 18.3 Å². The minimum absolute atomic E-state index is 0.0184. The van der Waals surface area contributed by atoms with Crippen molar-refractivity contribution in [1.29, 1.82) is 0 Å². The summed E-state index contributed by atoms with van der Waals surface area (Å²) in [6.07, 6.45) is -1.45. The first kappa shape index (κ1) is 12.5. The first-order valence-corrected chi connectivity index (χ1v) is 6.09. The van der Waals surface area contributed by atoms with Gasteiger partial charge in [-0.05, 0) is 11.6 Å². The highest BCUT2D eigenvalue weighted by Gasteiger charge is 2.36. The van der Waals surface area contributed by atoms with E-state index in [0.29, 0.717) is 23.1 Å². The SMILES string of the molecule is Nc1nc(Cl)nc2c([C@H]3C[C@H](O)[C@@H](CO)O3)[nH]nc12. The average Bonchev–Trinajstić information content (AvgIpc) is 2.92. The molecule has 0 amide bonds. The van der Waals surface area contributed by atoms with Crippen LogP contribution in [0.2, 0.25) is 5.28 Å². The number of nitrogen functional groups attached to an aromatic ring is 1. The molecule has 1 saturated heterocycles. The van der Waals surface area contributed by atoms with Gasteiger partial charge in [0.25, 0.3) is 0 Å². The quantitative estimate of drug-likeness (QED) is 0.561. The Morgan fingerprint density at radius 2 is 2.21 bits per heavy atom. The number of nitrogens with zero attached hydrogens (tertiary/aromatic N) is 3. The summed E-state index contributed by atoms with van der Waals surface area (Å²) >= 11 is 5.77. The molecule has 1 aliphatic heterocycles. The number of halogens is 1. The van der Waals surface area contributed by atoms with Gasteiger partial charge in [-0.2, -0.15) is 10.1 Å². The number of aliphatic hydroxyl groups excluding tert-OH is 2. The maximum absolute atomic E-state index is 9.74. The van der Waals surface area contributed by atoms with Crippen molar-refractivity contribution in [2.75, 3.05) is 12.3 Å². The van der Waals surface area contributed by atoms with Crippen LogP contribution in [0.4, 0.5) is 5.82 Å². The molecule has 2 aromatic heterocycles. The monoisotopic (exact) mass is 285 g/mol. The number of H-pyrrole nitrogens is 1. The van der Waals surface area contributed by atoms with Gasteiger partial charge in [0.1, 0.15) is 17.7 Å². The van der Waals surface area contributed by atoms with Crippen LogP contribution in [0.1, 0.15) is 18.2 Å². The van der Waals surface area contributed by atoms with E-state index in [2.05, 4.69) is 20.2 Å². The molecule has 0 aliphatic carbocycles. The van der Waals surface area contributed by atoms with Gasteiger partial charge < -0.3 is 20.7 Å². The van der Waals surface area contributed by atoms with Gasteiger partial charge in [0.15, 0.2) is 11.3 Å². The van der Waals surface area contributed by atoms with Gasteiger partial charge >= 0.3 is 0 Å². The Labute approximate surface area is 112 Å². The molecule has 0 saturated carbocycles. The van der Waals surface area contributed by atoms with Crippen LogP contribution in [0.5, 0.6) is 0 Å². The number of aliphatic hydroxyl groups is 2. The second-order valence-corrected chi connectivity index (χ2v) is 4.70. The molecule has 19 heavy (non-hydrogen) atoms. The largest absolute Gasteiger partial charge is 0.394 e. The lowest BCUT2D eigenvalue weighted by Gasteiger charge is -2.10. The van der Waals surface area contributed by atoms with Crippen molar-refractivity contribution in [3.8, 4) is 0 Å². The Kier molecular flexibility index (Phi) is 3.02. The Morgan fingerprint density at radius 3 is 2.89 bits per heavy atom. The van der Waals surface area contributed by atoms with Crippen LogP contribution in [0.3, 0.4) is 0 Å². The van der Waals surface area contributed by atoms with E-state index in [0.717, 1.165) is 0 Å². The van der Waals surface area contributed by atoms with E-state index in [9.17, 15) is 5.11 Å². The Bertz CT molecular complexity index is 618. The van der Waals surface area contributed by atoms with Crippen molar-refractivity contribution < 1.29 is 14.9 Å². The fraction of sp³-hybridized carbons (Fsp3) is 0.500. The number of aromatic amines is 1. The summed E-state index contributed by atoms with van der Waals surface area (Å²) in [5, 5.41) is 25.6. The number of aromatic nitrogens is 4. The van der Waals surface area contributed by atoms with E-state index >= 15 is 0 Å². The number of fused-ring (bicyclic) bond motifs is 1. The first-order valence-electron chi connectivity index (χ1n) is 5.71. The third-order valence-corrected chi connectivity index (χ3v) is 3.32. The van der Waals surface area contributed by atoms with Gasteiger partial charge in [-0.25, -0.2) is 4.98 Å². The number of anilines is 1. The predicted molar refractivity (Wildman–Crippen MR) is 66.4 cm³/mol. The molecule has 0 unspecified atom stereocenters. The van der Waals surface area contributed by atoms with E-state index in [1.165, 1.54) is 0 Å². The van der Waals surface area contributed by atoms with Crippen LogP contribution in [-0.4, -0.2) is 49.2 Å². The summed E-state index contributed by atoms with van der Waals surface area (Å²) in [6.45, 7) is -0.248. The van der Waals surface area contributed by atoms with Crippen molar-refractivity contribution >= 4 is 28.5 Å². The molecule has 102 valence electrons. The van der Waals surface area contributed by atoms with Crippen LogP contribution in [0.15, 0.2) is 0 Å². The zero-order valence-corrected chi connectivity index (χ0v) is 10.5. The summed E-state index contributed by atoms with van der Waals surface area (Å²) in [5.41, 5.74) is 7.15. The Hall–Kier alpha value is -1.48. The number of nitrogens with one attached hydrogen (secondary N) is 1. The van der Waals surface area contributed by atoms with Gasteiger partial charge in [-0.3, -0.25) is 5.10 Å². The molecule has 0 spiro atoms. The maximum atomic E-state index is 9.74. The molecule has 0 aromatic carbocycles. The molecular formula is C10H12ClN5O3. The number of nitrogens with two attached hydrogens (primary N) is 1. The van der Waals surface area contributed by atoms with Crippen LogP contribution in [0.25, 0.3) is 11.0 Å². The number of ether oxygens (including phenoxy) is 1. The smallest absolute Gasteiger partial charge is 0.225 e. The van der Waals surface area contributed by atoms with Crippen molar-refractivity contribution in [2.45, 2.75) is 24.7 Å². The van der Waals surface area contributed by atoms with Gasteiger partial charge in [0.05, 0.1) is 18.4 Å². The summed E-state index contributed by atoms with van der Waals surface area (Å²) in [6, 6.07) is 0. The molecule has 9 heteroatoms. The van der Waals surface area contributed by atoms with Gasteiger partial charge in [-0.15, -0.1) is 0 Å². The molecule has 2 aromatic rings. The normalized spacial score (nSPS) is 27.2. The summed E-state index contributed by atoms with van der Waals surface area (Å²) in [7, 11) is 0. The third kappa shape index (κ3) is 2.02. The number of hydrogen-bond donors (Lipinski definition) is 4. The summed E-state index contributed by atoms with van der Waals surface area (Å²) < 4.78 is 5.54. The van der Waals surface area contributed by atoms with E-state index in [4.69, 9.17) is 27.2 Å². The zero-order valence-electron chi connectivity index (χ0n) is 9.75. The lowest BCUT2D eigenvalue weighted by molar-refractivity contribution is -0.0232. The molecular weight excluding hydrogens is 274 g/mol. The molecule has 1 aliphatic rings. The highest BCUT2D eigenvalue weighted by molar-refractivity contribution is 6.28. The molecule has 8 nitrogen and oxygen atoms in total. The molecule has 5 N–H and O–H groups in total. The minimum Gasteiger partial charge on any atom is -0.394 e. The van der Waals surface area contributed by atoms with Gasteiger partial charge in [0.2, 0.25) is 5.28 Å². The summed E-state index contributed by atoms with van der Waals surface area (Å²) in [5.74, 6) is 0.176. The second-order valence-electron chi connectivity index (χ2n) is 4.36. The minimum atomic E-state index is -0.733. The molecule has 1 fully saturated rings. The van der Waals surface area contributed by atoms with E-state index in [-0.39, 0.29) is 17.7 Å². The number of hydrogen-bond acceptors (Lipinski definition) is 7. The van der Waals surface area contributed by atoms with E-state index in [1.807, 2.05) is 0 Å². The van der Waals surface area contributed by atoms with E-state index in [1.54, 1.807) is 0 Å². The average molecular weight is 286 g/mol. The molecule has 0 radical (unpaired) electrons. The topological polar surface area (TPSA) is 130 Å². The maximum Gasteiger partial charge on any atom is 0.225 e. The highest BCUT2D eigenvalue weighted by atomic mass is 35.5. The molecule has 0 bridgehead atoms. The predicted octanol–water partition coefficient (Wildman–Crippen LogP) is -0.228. The lowest BCUT2D eigenvalue weighted by atomic mass is 10.1. The fourth-order valence-corrected chi connectivity index (χ4v) is 2.39. The lowest BCUT2D eigenvalue weighted by Crippen LogP contribution is -2.24. The molecule has 3 rings (SSSR count). The second kappa shape index (κ2) is 4.57. The Morgan fingerprint density at radius 1 is 1.42 bits per heavy atom. The van der Waals surface area contributed by atoms with Crippen LogP contribution >= 0.6 is 11.6 Å².